The van der Waals surface area contributed by atoms with Crippen LogP contribution in [0.5, 0.6) is 0 Å². The van der Waals surface area contributed by atoms with Crippen LogP contribution in [-0.4, -0.2) is 98.6 Å². The van der Waals surface area contributed by atoms with Crippen LogP contribution in [0.25, 0.3) is 10.4 Å². The Labute approximate surface area is 142 Å². The molecule has 2 aliphatic rings. The first-order valence-electron chi connectivity index (χ1n) is 7.87. The number of hydrogen-bond acceptors (Lipinski definition) is 10. The van der Waals surface area contributed by atoms with Crippen molar-refractivity contribution < 1.29 is 44.8 Å². The number of rotatable bonds is 5. The summed E-state index contributed by atoms with van der Waals surface area (Å²) in [7, 11) is 0. The van der Waals surface area contributed by atoms with E-state index in [9.17, 15) is 30.6 Å². The summed E-state index contributed by atoms with van der Waals surface area (Å²) in [5.74, 6) is 0. The van der Waals surface area contributed by atoms with Gasteiger partial charge < -0.3 is 44.8 Å². The molecule has 0 bridgehead atoms. The molecule has 0 aliphatic carbocycles. The standard InChI is InChI=1S/C13H23N3O9/c1-2-4-8(19)10(21)11(22)13(23-4)25-12-9(20)6(15-16-14)7(18)5(3-17)24-12/h4-13,17-22H,2-3H2,1H3/t4?,5?,6-,7+,8+,9?,10?,11+,12+,13+/m0/s1. The highest BCUT2D eigenvalue weighted by atomic mass is 16.8. The van der Waals surface area contributed by atoms with Gasteiger partial charge in [0.2, 0.25) is 0 Å². The van der Waals surface area contributed by atoms with Gasteiger partial charge in [-0.1, -0.05) is 12.0 Å². The van der Waals surface area contributed by atoms with Gasteiger partial charge in [0.1, 0.15) is 30.5 Å². The molecule has 0 radical (unpaired) electrons. The molecule has 2 aliphatic heterocycles. The van der Waals surface area contributed by atoms with E-state index in [2.05, 4.69) is 10.0 Å². The van der Waals surface area contributed by atoms with Crippen molar-refractivity contribution in [3.8, 4) is 0 Å². The van der Waals surface area contributed by atoms with E-state index in [4.69, 9.17) is 19.7 Å². The summed E-state index contributed by atoms with van der Waals surface area (Å²) in [6.45, 7) is 1.05. The molecule has 2 fully saturated rings. The fourth-order valence-corrected chi connectivity index (χ4v) is 2.87. The van der Waals surface area contributed by atoms with Crippen molar-refractivity contribution in [2.45, 2.75) is 74.7 Å². The van der Waals surface area contributed by atoms with E-state index in [1.165, 1.54) is 0 Å². The van der Waals surface area contributed by atoms with E-state index in [0.29, 0.717) is 6.42 Å². The second-order valence-corrected chi connectivity index (χ2v) is 5.96. The quantitative estimate of drug-likeness (QED) is 0.171. The van der Waals surface area contributed by atoms with Gasteiger partial charge in [-0.05, 0) is 12.0 Å². The van der Waals surface area contributed by atoms with Crippen molar-refractivity contribution >= 4 is 0 Å². The molecule has 0 amide bonds. The maximum absolute atomic E-state index is 10.2. The Balaban J connectivity index is 2.15. The second-order valence-electron chi connectivity index (χ2n) is 5.96. The normalized spacial score (nSPS) is 48.0. The molecule has 0 aromatic rings. The van der Waals surface area contributed by atoms with Gasteiger partial charge in [-0.15, -0.1) is 0 Å². The maximum Gasteiger partial charge on any atom is 0.189 e. The number of ether oxygens (including phenoxy) is 3. The summed E-state index contributed by atoms with van der Waals surface area (Å²) in [4.78, 5) is 2.53. The molecule has 0 spiro atoms. The lowest BCUT2D eigenvalue weighted by molar-refractivity contribution is -0.366. The molecule has 0 aromatic heterocycles. The van der Waals surface area contributed by atoms with Crippen LogP contribution in [-0.2, 0) is 14.2 Å². The number of hydrogen-bond donors (Lipinski definition) is 6. The zero-order valence-electron chi connectivity index (χ0n) is 13.4. The second kappa shape index (κ2) is 8.56. The van der Waals surface area contributed by atoms with Crippen LogP contribution in [0.15, 0.2) is 5.11 Å². The van der Waals surface area contributed by atoms with Crippen molar-refractivity contribution in [1.29, 1.82) is 0 Å². The Bertz CT molecular complexity index is 489. The fraction of sp³-hybridized carbons (Fsp3) is 1.00. The van der Waals surface area contributed by atoms with Crippen molar-refractivity contribution in [2.24, 2.45) is 5.11 Å². The van der Waals surface area contributed by atoms with Crippen LogP contribution in [0.2, 0.25) is 0 Å². The van der Waals surface area contributed by atoms with Gasteiger partial charge in [-0.2, -0.15) is 0 Å². The molecular weight excluding hydrogens is 342 g/mol. The minimum Gasteiger partial charge on any atom is -0.394 e. The first-order valence-corrected chi connectivity index (χ1v) is 7.87. The summed E-state index contributed by atoms with van der Waals surface area (Å²) < 4.78 is 15.9. The average molecular weight is 365 g/mol. The summed E-state index contributed by atoms with van der Waals surface area (Å²) >= 11 is 0. The van der Waals surface area contributed by atoms with Gasteiger partial charge in [-0.3, -0.25) is 0 Å². The molecule has 12 nitrogen and oxygen atoms in total. The van der Waals surface area contributed by atoms with Crippen molar-refractivity contribution in [3.63, 3.8) is 0 Å². The molecule has 25 heavy (non-hydrogen) atoms. The summed E-state index contributed by atoms with van der Waals surface area (Å²) in [6, 6.07) is -1.36. The number of nitrogens with zero attached hydrogens (tertiary/aromatic N) is 3. The largest absolute Gasteiger partial charge is 0.394 e. The van der Waals surface area contributed by atoms with E-state index in [-0.39, 0.29) is 0 Å². The third-order valence-corrected chi connectivity index (χ3v) is 4.37. The van der Waals surface area contributed by atoms with E-state index in [1.807, 2.05) is 0 Å². The highest BCUT2D eigenvalue weighted by Crippen LogP contribution is 2.29. The lowest BCUT2D eigenvalue weighted by Crippen LogP contribution is -2.62. The van der Waals surface area contributed by atoms with E-state index in [1.54, 1.807) is 6.92 Å². The third kappa shape index (κ3) is 4.04. The first kappa shape index (κ1) is 20.3. The molecule has 6 N–H and O–H groups in total. The molecule has 144 valence electrons. The SMILES string of the molecule is CCC1O[C@H](O[C@H]2OC(CO)[C@@H](O)[C@H](N=[N+]=[N-])C2O)[C@H](O)C(O)[C@@H]1O. The lowest BCUT2D eigenvalue weighted by Gasteiger charge is -2.45. The molecular formula is C13H23N3O9. The highest BCUT2D eigenvalue weighted by Gasteiger charge is 2.49. The Morgan fingerprint density at radius 1 is 0.920 bits per heavy atom. The van der Waals surface area contributed by atoms with Gasteiger partial charge >= 0.3 is 0 Å². The number of azide groups is 1. The topological polar surface area (TPSA) is 198 Å². The molecule has 12 heteroatoms. The predicted molar refractivity (Wildman–Crippen MR) is 78.8 cm³/mol. The highest BCUT2D eigenvalue weighted by molar-refractivity contribution is 4.95. The van der Waals surface area contributed by atoms with Crippen molar-refractivity contribution in [1.82, 2.24) is 0 Å². The van der Waals surface area contributed by atoms with Crippen LogP contribution < -0.4 is 0 Å². The Hall–Kier alpha value is -1.05. The Morgan fingerprint density at radius 2 is 1.52 bits per heavy atom. The Kier molecular flexibility index (Phi) is 6.93. The first-order chi connectivity index (χ1) is 11.8. The van der Waals surface area contributed by atoms with Crippen LogP contribution in [0, 0.1) is 0 Å². The zero-order chi connectivity index (χ0) is 18.7. The van der Waals surface area contributed by atoms with Gasteiger partial charge in [0.25, 0.3) is 0 Å². The molecule has 0 aromatic carbocycles. The summed E-state index contributed by atoms with van der Waals surface area (Å²) in [5.41, 5.74) is 8.56. The van der Waals surface area contributed by atoms with Crippen LogP contribution >= 0.6 is 0 Å². The van der Waals surface area contributed by atoms with Crippen molar-refractivity contribution in [3.05, 3.63) is 10.4 Å². The minimum atomic E-state index is -1.63. The maximum atomic E-state index is 10.2. The van der Waals surface area contributed by atoms with Gasteiger partial charge in [0.15, 0.2) is 12.6 Å². The third-order valence-electron chi connectivity index (χ3n) is 4.37. The summed E-state index contributed by atoms with van der Waals surface area (Å²) in [5, 5.41) is 62.4. The monoisotopic (exact) mass is 365 g/mol. The molecule has 0 saturated carbocycles. The van der Waals surface area contributed by atoms with Crippen LogP contribution in [0.3, 0.4) is 0 Å². The van der Waals surface area contributed by atoms with E-state index >= 15 is 0 Å². The van der Waals surface area contributed by atoms with Crippen LogP contribution in [0.1, 0.15) is 13.3 Å². The number of aliphatic hydroxyl groups excluding tert-OH is 6. The predicted octanol–water partition coefficient (Wildman–Crippen LogP) is -2.66. The zero-order valence-corrected chi connectivity index (χ0v) is 13.4. The van der Waals surface area contributed by atoms with Crippen LogP contribution in [0.4, 0.5) is 0 Å². The molecule has 10 atom stereocenters. The molecule has 4 unspecified atom stereocenters. The van der Waals surface area contributed by atoms with Crippen molar-refractivity contribution in [2.75, 3.05) is 6.61 Å². The van der Waals surface area contributed by atoms with Gasteiger partial charge in [0.05, 0.1) is 24.9 Å². The smallest absolute Gasteiger partial charge is 0.189 e. The number of aliphatic hydroxyl groups is 6. The minimum absolute atomic E-state index is 0.318. The average Bonchev–Trinajstić information content (AvgIpc) is 2.61. The Morgan fingerprint density at radius 3 is 2.08 bits per heavy atom. The van der Waals surface area contributed by atoms with Gasteiger partial charge in [-0.25, -0.2) is 0 Å². The molecule has 2 rings (SSSR count). The summed E-state index contributed by atoms with van der Waals surface area (Å²) in [6.07, 6.45) is -12.3. The van der Waals surface area contributed by atoms with E-state index < -0.39 is 68.0 Å². The fourth-order valence-electron chi connectivity index (χ4n) is 2.87. The van der Waals surface area contributed by atoms with Gasteiger partial charge in [0, 0.05) is 4.91 Å². The molecule has 2 heterocycles. The van der Waals surface area contributed by atoms with E-state index in [0.717, 1.165) is 0 Å². The molecule has 2 saturated heterocycles. The lowest BCUT2D eigenvalue weighted by atomic mass is 9.96.